The van der Waals surface area contributed by atoms with Crippen molar-refractivity contribution in [3.05, 3.63) is 35.6 Å². The van der Waals surface area contributed by atoms with Gasteiger partial charge in [0.25, 0.3) is 0 Å². The summed E-state index contributed by atoms with van der Waals surface area (Å²) >= 11 is 0. The monoisotopic (exact) mass is 249 g/mol. The Morgan fingerprint density at radius 3 is 2.50 bits per heavy atom. The lowest BCUT2D eigenvalue weighted by Gasteiger charge is -2.25. The predicted molar refractivity (Wildman–Crippen MR) is 73.9 cm³/mol. The molecule has 1 aliphatic rings. The summed E-state index contributed by atoms with van der Waals surface area (Å²) in [5, 5.41) is 3.71. The first-order valence-corrected chi connectivity index (χ1v) is 7.13. The molecule has 1 aromatic carbocycles. The minimum Gasteiger partial charge on any atom is -0.307 e. The van der Waals surface area contributed by atoms with Crippen LogP contribution in [0.3, 0.4) is 0 Å². The molecule has 2 heteroatoms. The van der Waals surface area contributed by atoms with Crippen molar-refractivity contribution in [2.75, 3.05) is 0 Å². The summed E-state index contributed by atoms with van der Waals surface area (Å²) in [7, 11) is 0. The molecule has 1 saturated carbocycles. The molecular formula is C16H24FN. The Labute approximate surface area is 110 Å². The van der Waals surface area contributed by atoms with Crippen LogP contribution in [0.5, 0.6) is 0 Å². The number of nitrogens with one attached hydrogen (secondary N) is 1. The number of halogens is 1. The van der Waals surface area contributed by atoms with Gasteiger partial charge in [0.05, 0.1) is 0 Å². The normalized spacial score (nSPS) is 29.4. The molecule has 1 nitrogen and oxygen atoms in total. The molecular weight excluding hydrogens is 225 g/mol. The fourth-order valence-corrected chi connectivity index (χ4v) is 3.23. The highest BCUT2D eigenvalue weighted by molar-refractivity contribution is 5.19. The van der Waals surface area contributed by atoms with Gasteiger partial charge >= 0.3 is 0 Å². The van der Waals surface area contributed by atoms with E-state index >= 15 is 0 Å². The van der Waals surface area contributed by atoms with Gasteiger partial charge in [-0.1, -0.05) is 32.4 Å². The molecule has 0 aromatic heterocycles. The molecule has 18 heavy (non-hydrogen) atoms. The van der Waals surface area contributed by atoms with Gasteiger partial charge < -0.3 is 5.32 Å². The zero-order valence-corrected chi connectivity index (χ0v) is 11.6. The lowest BCUT2D eigenvalue weighted by molar-refractivity contribution is 0.327. The summed E-state index contributed by atoms with van der Waals surface area (Å²) in [5.74, 6) is 1.45. The molecule has 0 saturated heterocycles. The third kappa shape index (κ3) is 2.92. The molecule has 0 radical (unpaired) electrons. The highest BCUT2D eigenvalue weighted by Gasteiger charge is 2.32. The fraction of sp³-hybridized carbons (Fsp3) is 0.625. The minimum atomic E-state index is -0.161. The molecule has 0 amide bonds. The van der Waals surface area contributed by atoms with Gasteiger partial charge in [0.2, 0.25) is 0 Å². The molecule has 1 aromatic rings. The van der Waals surface area contributed by atoms with Crippen molar-refractivity contribution in [3.63, 3.8) is 0 Å². The molecule has 4 atom stereocenters. The summed E-state index contributed by atoms with van der Waals surface area (Å²) in [6.07, 6.45) is 3.89. The smallest absolute Gasteiger partial charge is 0.123 e. The molecule has 1 fully saturated rings. The van der Waals surface area contributed by atoms with Gasteiger partial charge in [-0.25, -0.2) is 4.39 Å². The zero-order chi connectivity index (χ0) is 13.1. The second-order valence-corrected chi connectivity index (χ2v) is 5.65. The largest absolute Gasteiger partial charge is 0.307 e. The van der Waals surface area contributed by atoms with Crippen LogP contribution in [0.25, 0.3) is 0 Å². The van der Waals surface area contributed by atoms with Crippen LogP contribution in [0.4, 0.5) is 4.39 Å². The highest BCUT2D eigenvalue weighted by atomic mass is 19.1. The van der Waals surface area contributed by atoms with E-state index in [2.05, 4.69) is 26.1 Å². The second-order valence-electron chi connectivity index (χ2n) is 5.65. The number of rotatable bonds is 4. The molecule has 4 unspecified atom stereocenters. The van der Waals surface area contributed by atoms with E-state index in [1.54, 1.807) is 12.1 Å². The van der Waals surface area contributed by atoms with Crippen molar-refractivity contribution in [1.82, 2.24) is 5.32 Å². The summed E-state index contributed by atoms with van der Waals surface area (Å²) in [5.41, 5.74) is 1.17. The molecule has 0 heterocycles. The van der Waals surface area contributed by atoms with E-state index in [4.69, 9.17) is 0 Å². The van der Waals surface area contributed by atoms with Gasteiger partial charge in [0, 0.05) is 12.1 Å². The van der Waals surface area contributed by atoms with Crippen molar-refractivity contribution < 1.29 is 4.39 Å². The summed E-state index contributed by atoms with van der Waals surface area (Å²) in [6, 6.07) is 7.75. The van der Waals surface area contributed by atoms with Gasteiger partial charge in [-0.05, 0) is 49.3 Å². The lowest BCUT2D eigenvalue weighted by Crippen LogP contribution is -2.34. The lowest BCUT2D eigenvalue weighted by atomic mass is 9.93. The summed E-state index contributed by atoms with van der Waals surface area (Å²) in [6.45, 7) is 6.81. The first-order valence-electron chi connectivity index (χ1n) is 7.13. The molecule has 1 N–H and O–H groups in total. The Bertz CT molecular complexity index is 373. The Morgan fingerprint density at radius 1 is 1.28 bits per heavy atom. The van der Waals surface area contributed by atoms with Crippen LogP contribution in [0.15, 0.2) is 24.3 Å². The van der Waals surface area contributed by atoms with Gasteiger partial charge in [-0.2, -0.15) is 0 Å². The van der Waals surface area contributed by atoms with Crippen LogP contribution >= 0.6 is 0 Å². The van der Waals surface area contributed by atoms with E-state index in [9.17, 15) is 4.39 Å². The van der Waals surface area contributed by atoms with Crippen molar-refractivity contribution in [2.24, 2.45) is 11.8 Å². The Kier molecular flexibility index (Phi) is 4.39. The van der Waals surface area contributed by atoms with E-state index in [0.29, 0.717) is 12.1 Å². The Hall–Kier alpha value is -0.890. The molecule has 0 spiro atoms. The van der Waals surface area contributed by atoms with Crippen molar-refractivity contribution in [2.45, 2.75) is 52.1 Å². The van der Waals surface area contributed by atoms with Crippen LogP contribution in [-0.4, -0.2) is 6.04 Å². The van der Waals surface area contributed by atoms with Gasteiger partial charge in [-0.3, -0.25) is 0 Å². The second kappa shape index (κ2) is 5.83. The van der Waals surface area contributed by atoms with Crippen LogP contribution in [0.1, 0.15) is 51.6 Å². The molecule has 0 aliphatic heterocycles. The average Bonchev–Trinajstić information content (AvgIpc) is 2.71. The maximum Gasteiger partial charge on any atom is 0.123 e. The first-order chi connectivity index (χ1) is 8.61. The van der Waals surface area contributed by atoms with Gasteiger partial charge in [0.1, 0.15) is 5.82 Å². The maximum atomic E-state index is 12.9. The number of hydrogen-bond donors (Lipinski definition) is 1. The Balaban J connectivity index is 1.95. The first kappa shape index (κ1) is 13.5. The predicted octanol–water partition coefficient (Wildman–Crippen LogP) is 4.30. The van der Waals surface area contributed by atoms with E-state index in [1.807, 2.05) is 12.1 Å². The molecule has 1 aliphatic carbocycles. The minimum absolute atomic E-state index is 0.161. The van der Waals surface area contributed by atoms with Crippen molar-refractivity contribution >= 4 is 0 Å². The van der Waals surface area contributed by atoms with E-state index in [-0.39, 0.29) is 5.82 Å². The number of benzene rings is 1. The maximum absolute atomic E-state index is 12.9. The van der Waals surface area contributed by atoms with E-state index in [0.717, 1.165) is 11.8 Å². The standard InChI is InChI=1S/C16H24FN/c1-4-13-7-10-16(11(13)2)18-12(3)14-5-8-15(17)9-6-14/h5-6,8-9,11-13,16,18H,4,7,10H2,1-3H3. The van der Waals surface area contributed by atoms with Crippen LogP contribution in [0.2, 0.25) is 0 Å². The van der Waals surface area contributed by atoms with Crippen molar-refractivity contribution in [1.29, 1.82) is 0 Å². The van der Waals surface area contributed by atoms with Crippen LogP contribution in [-0.2, 0) is 0 Å². The fourth-order valence-electron chi connectivity index (χ4n) is 3.23. The third-order valence-corrected chi connectivity index (χ3v) is 4.59. The quantitative estimate of drug-likeness (QED) is 0.839. The topological polar surface area (TPSA) is 12.0 Å². The molecule has 100 valence electrons. The average molecular weight is 249 g/mol. The Morgan fingerprint density at radius 2 is 1.94 bits per heavy atom. The highest BCUT2D eigenvalue weighted by Crippen LogP contribution is 2.35. The third-order valence-electron chi connectivity index (χ3n) is 4.59. The zero-order valence-electron chi connectivity index (χ0n) is 11.6. The SMILES string of the molecule is CCC1CCC(NC(C)c2ccc(F)cc2)C1C. The van der Waals surface area contributed by atoms with Gasteiger partial charge in [0.15, 0.2) is 0 Å². The van der Waals surface area contributed by atoms with E-state index < -0.39 is 0 Å². The van der Waals surface area contributed by atoms with Crippen LogP contribution < -0.4 is 5.32 Å². The molecule has 0 bridgehead atoms. The number of hydrogen-bond acceptors (Lipinski definition) is 1. The van der Waals surface area contributed by atoms with E-state index in [1.165, 1.54) is 24.8 Å². The van der Waals surface area contributed by atoms with Gasteiger partial charge in [-0.15, -0.1) is 0 Å². The summed E-state index contributed by atoms with van der Waals surface area (Å²) < 4.78 is 12.9. The van der Waals surface area contributed by atoms with Crippen LogP contribution in [0, 0.1) is 17.7 Å². The molecule has 2 rings (SSSR count). The summed E-state index contributed by atoms with van der Waals surface area (Å²) in [4.78, 5) is 0. The van der Waals surface area contributed by atoms with Crippen molar-refractivity contribution in [3.8, 4) is 0 Å².